The summed E-state index contributed by atoms with van der Waals surface area (Å²) in [6.45, 7) is 5.02. The minimum atomic E-state index is 0.659. The average Bonchev–Trinajstić information content (AvgIpc) is 2.29. The van der Waals surface area contributed by atoms with Crippen molar-refractivity contribution < 1.29 is 0 Å². The Balaban J connectivity index is 2.56. The van der Waals surface area contributed by atoms with Crippen LogP contribution in [0.2, 0.25) is 5.02 Å². The van der Waals surface area contributed by atoms with E-state index >= 15 is 0 Å². The summed E-state index contributed by atoms with van der Waals surface area (Å²) in [6, 6.07) is 1.97. The summed E-state index contributed by atoms with van der Waals surface area (Å²) in [4.78, 5) is 6.31. The maximum atomic E-state index is 6.08. The van der Waals surface area contributed by atoms with E-state index in [4.69, 9.17) is 23.2 Å². The summed E-state index contributed by atoms with van der Waals surface area (Å²) in [5.74, 6) is 0.659. The van der Waals surface area contributed by atoms with Gasteiger partial charge in [-0.05, 0) is 24.6 Å². The Kier molecular flexibility index (Phi) is 6.78. The highest BCUT2D eigenvalue weighted by molar-refractivity contribution is 6.31. The van der Waals surface area contributed by atoms with Crippen LogP contribution < -0.4 is 0 Å². The van der Waals surface area contributed by atoms with E-state index in [9.17, 15) is 0 Å². The van der Waals surface area contributed by atoms with Crippen molar-refractivity contribution in [2.75, 3.05) is 19.0 Å². The molecule has 0 radical (unpaired) electrons. The van der Waals surface area contributed by atoms with Gasteiger partial charge in [-0.25, -0.2) is 0 Å². The molecule has 0 aliphatic heterocycles. The van der Waals surface area contributed by atoms with E-state index < -0.39 is 0 Å². The van der Waals surface area contributed by atoms with E-state index in [1.807, 2.05) is 6.07 Å². The largest absolute Gasteiger partial charge is 0.298 e. The first-order chi connectivity index (χ1) is 7.77. The van der Waals surface area contributed by atoms with Crippen LogP contribution in [0.15, 0.2) is 18.5 Å². The van der Waals surface area contributed by atoms with Crippen LogP contribution in [0.4, 0.5) is 0 Å². The Labute approximate surface area is 108 Å². The smallest absolute Gasteiger partial charge is 0.0634 e. The predicted octanol–water partition coefficient (Wildman–Crippen LogP) is 3.58. The Morgan fingerprint density at radius 3 is 2.81 bits per heavy atom. The minimum absolute atomic E-state index is 0.659. The van der Waals surface area contributed by atoms with Crippen molar-refractivity contribution in [2.45, 2.75) is 26.3 Å². The van der Waals surface area contributed by atoms with Gasteiger partial charge in [0.1, 0.15) is 0 Å². The van der Waals surface area contributed by atoms with Crippen LogP contribution in [0.5, 0.6) is 0 Å². The Hall–Kier alpha value is -0.310. The van der Waals surface area contributed by atoms with Gasteiger partial charge >= 0.3 is 0 Å². The molecule has 90 valence electrons. The van der Waals surface area contributed by atoms with Crippen LogP contribution in [0.1, 0.15) is 25.3 Å². The first kappa shape index (κ1) is 13.8. The van der Waals surface area contributed by atoms with Crippen LogP contribution in [0.3, 0.4) is 0 Å². The van der Waals surface area contributed by atoms with Crippen molar-refractivity contribution in [2.24, 2.45) is 0 Å². The van der Waals surface area contributed by atoms with E-state index in [1.54, 1.807) is 12.4 Å². The van der Waals surface area contributed by atoms with Crippen molar-refractivity contribution in [1.29, 1.82) is 0 Å². The molecule has 1 rings (SSSR count). The van der Waals surface area contributed by atoms with Gasteiger partial charge in [-0.2, -0.15) is 0 Å². The predicted molar refractivity (Wildman–Crippen MR) is 70.2 cm³/mol. The van der Waals surface area contributed by atoms with Crippen LogP contribution in [0.25, 0.3) is 0 Å². The number of hydrogen-bond donors (Lipinski definition) is 0. The number of aromatic nitrogens is 1. The second-order valence-electron chi connectivity index (χ2n) is 3.79. The maximum Gasteiger partial charge on any atom is 0.0634 e. The van der Waals surface area contributed by atoms with Crippen molar-refractivity contribution in [3.05, 3.63) is 29.0 Å². The van der Waals surface area contributed by atoms with Crippen LogP contribution in [0, 0.1) is 0 Å². The van der Waals surface area contributed by atoms with Gasteiger partial charge in [0.15, 0.2) is 0 Å². The fraction of sp³-hybridized carbons (Fsp3) is 0.583. The third kappa shape index (κ3) is 4.69. The standard InChI is InChI=1S/C12H18Cl2N2/c1-2-3-7-16(8-5-13)10-11-4-6-15-9-12(11)14/h4,6,9H,2-3,5,7-8,10H2,1H3. The highest BCUT2D eigenvalue weighted by atomic mass is 35.5. The molecule has 2 nitrogen and oxygen atoms in total. The summed E-state index contributed by atoms with van der Waals surface area (Å²) in [5.41, 5.74) is 1.12. The van der Waals surface area contributed by atoms with Gasteiger partial charge in [0.05, 0.1) is 5.02 Å². The van der Waals surface area contributed by atoms with Gasteiger partial charge < -0.3 is 0 Å². The van der Waals surface area contributed by atoms with E-state index in [0.717, 1.165) is 30.2 Å². The number of alkyl halides is 1. The first-order valence-corrected chi connectivity index (χ1v) is 6.56. The summed E-state index contributed by atoms with van der Waals surface area (Å²) >= 11 is 11.9. The normalized spacial score (nSPS) is 11.0. The number of nitrogens with zero attached hydrogens (tertiary/aromatic N) is 2. The second-order valence-corrected chi connectivity index (χ2v) is 4.57. The molecule has 1 heterocycles. The SMILES string of the molecule is CCCCN(CCCl)Cc1ccncc1Cl. The monoisotopic (exact) mass is 260 g/mol. The zero-order valence-corrected chi connectivity index (χ0v) is 11.1. The molecule has 0 atom stereocenters. The number of rotatable bonds is 7. The van der Waals surface area contributed by atoms with E-state index in [1.165, 1.54) is 12.8 Å². The highest BCUT2D eigenvalue weighted by Crippen LogP contribution is 2.16. The molecule has 4 heteroatoms. The van der Waals surface area contributed by atoms with Gasteiger partial charge in [0.25, 0.3) is 0 Å². The summed E-state index contributed by atoms with van der Waals surface area (Å²) in [5, 5.41) is 0.735. The molecule has 0 N–H and O–H groups in total. The summed E-state index contributed by atoms with van der Waals surface area (Å²) in [6.07, 6.45) is 5.86. The van der Waals surface area contributed by atoms with Crippen molar-refractivity contribution >= 4 is 23.2 Å². The lowest BCUT2D eigenvalue weighted by atomic mass is 10.2. The molecule has 0 unspecified atom stereocenters. The lowest BCUT2D eigenvalue weighted by Gasteiger charge is -2.21. The number of hydrogen-bond acceptors (Lipinski definition) is 2. The van der Waals surface area contributed by atoms with Crippen molar-refractivity contribution in [1.82, 2.24) is 9.88 Å². The van der Waals surface area contributed by atoms with E-state index in [-0.39, 0.29) is 0 Å². The molecule has 0 fully saturated rings. The molecule has 1 aromatic rings. The lowest BCUT2D eigenvalue weighted by Crippen LogP contribution is -2.26. The van der Waals surface area contributed by atoms with Crippen LogP contribution in [-0.2, 0) is 6.54 Å². The summed E-state index contributed by atoms with van der Waals surface area (Å²) in [7, 11) is 0. The molecule has 0 aliphatic rings. The molecule has 0 bridgehead atoms. The average molecular weight is 261 g/mol. The Morgan fingerprint density at radius 1 is 1.38 bits per heavy atom. The molecule has 0 spiro atoms. The fourth-order valence-electron chi connectivity index (χ4n) is 1.54. The third-order valence-electron chi connectivity index (χ3n) is 2.48. The molecule has 0 aliphatic carbocycles. The lowest BCUT2D eigenvalue weighted by molar-refractivity contribution is 0.277. The zero-order chi connectivity index (χ0) is 11.8. The molecular weight excluding hydrogens is 243 g/mol. The van der Waals surface area contributed by atoms with Crippen molar-refractivity contribution in [3.8, 4) is 0 Å². The number of unbranched alkanes of at least 4 members (excludes halogenated alkanes) is 1. The summed E-state index contributed by atoms with van der Waals surface area (Å²) < 4.78 is 0. The first-order valence-electron chi connectivity index (χ1n) is 5.64. The topological polar surface area (TPSA) is 16.1 Å². The second kappa shape index (κ2) is 7.88. The Bertz CT molecular complexity index is 305. The molecule has 0 aromatic carbocycles. The molecule has 16 heavy (non-hydrogen) atoms. The van der Waals surface area contributed by atoms with E-state index in [0.29, 0.717) is 5.88 Å². The molecule has 1 aromatic heterocycles. The highest BCUT2D eigenvalue weighted by Gasteiger charge is 2.07. The molecule has 0 saturated carbocycles. The van der Waals surface area contributed by atoms with Gasteiger partial charge in [-0.15, -0.1) is 11.6 Å². The quantitative estimate of drug-likeness (QED) is 0.697. The minimum Gasteiger partial charge on any atom is -0.298 e. The van der Waals surface area contributed by atoms with Gasteiger partial charge in [-0.1, -0.05) is 24.9 Å². The van der Waals surface area contributed by atoms with Gasteiger partial charge in [-0.3, -0.25) is 9.88 Å². The van der Waals surface area contributed by atoms with Crippen LogP contribution in [-0.4, -0.2) is 28.9 Å². The Morgan fingerprint density at radius 2 is 2.19 bits per heavy atom. The number of halogens is 2. The van der Waals surface area contributed by atoms with Gasteiger partial charge in [0.2, 0.25) is 0 Å². The van der Waals surface area contributed by atoms with Crippen molar-refractivity contribution in [3.63, 3.8) is 0 Å². The molecular formula is C12H18Cl2N2. The van der Waals surface area contributed by atoms with E-state index in [2.05, 4.69) is 16.8 Å². The zero-order valence-electron chi connectivity index (χ0n) is 9.63. The molecule has 0 amide bonds. The fourth-order valence-corrected chi connectivity index (χ4v) is 1.96. The molecule has 0 saturated heterocycles. The van der Waals surface area contributed by atoms with Crippen LogP contribution >= 0.6 is 23.2 Å². The maximum absolute atomic E-state index is 6.08. The number of pyridine rings is 1. The van der Waals surface area contributed by atoms with Gasteiger partial charge in [0, 0.05) is 31.4 Å². The third-order valence-corrected chi connectivity index (χ3v) is 2.99.